The van der Waals surface area contributed by atoms with E-state index in [9.17, 15) is 18.0 Å². The van der Waals surface area contributed by atoms with Crippen molar-refractivity contribution in [2.45, 2.75) is 37.1 Å². The van der Waals surface area contributed by atoms with Crippen LogP contribution in [0, 0.1) is 0 Å². The van der Waals surface area contributed by atoms with E-state index in [2.05, 4.69) is 5.32 Å². The first-order valence-electron chi connectivity index (χ1n) is 9.73. The van der Waals surface area contributed by atoms with Crippen LogP contribution < -0.4 is 10.1 Å². The number of imide groups is 1. The van der Waals surface area contributed by atoms with E-state index >= 15 is 0 Å². The maximum absolute atomic E-state index is 12.6. The van der Waals surface area contributed by atoms with Crippen molar-refractivity contribution in [3.63, 3.8) is 0 Å². The lowest BCUT2D eigenvalue weighted by molar-refractivity contribution is -0.131. The lowest BCUT2D eigenvalue weighted by Gasteiger charge is -2.26. The Balaban J connectivity index is 1.56. The Morgan fingerprint density at radius 2 is 1.83 bits per heavy atom. The average Bonchev–Trinajstić information content (AvgIpc) is 2.92. The molecular weight excluding hydrogens is 398 g/mol. The van der Waals surface area contributed by atoms with Crippen LogP contribution in [0.25, 0.3) is 0 Å². The third-order valence-electron chi connectivity index (χ3n) is 5.11. The van der Waals surface area contributed by atoms with Crippen molar-refractivity contribution in [3.05, 3.63) is 24.3 Å². The van der Waals surface area contributed by atoms with Crippen LogP contribution in [0.3, 0.4) is 0 Å². The quantitative estimate of drug-likeness (QED) is 0.628. The molecule has 1 atom stereocenters. The van der Waals surface area contributed by atoms with Gasteiger partial charge in [0, 0.05) is 13.1 Å². The fourth-order valence-corrected chi connectivity index (χ4v) is 4.93. The molecule has 9 nitrogen and oxygen atoms in total. The summed E-state index contributed by atoms with van der Waals surface area (Å²) in [6, 6.07) is 5.71. The van der Waals surface area contributed by atoms with Crippen molar-refractivity contribution in [3.8, 4) is 5.75 Å². The van der Waals surface area contributed by atoms with E-state index in [-0.39, 0.29) is 24.0 Å². The number of carbonyl (C=O) groups excluding carboxylic acids is 2. The summed E-state index contributed by atoms with van der Waals surface area (Å²) in [5, 5.41) is 2.74. The van der Waals surface area contributed by atoms with Gasteiger partial charge in [0.15, 0.2) is 0 Å². The van der Waals surface area contributed by atoms with E-state index in [4.69, 9.17) is 9.47 Å². The highest BCUT2D eigenvalue weighted by Crippen LogP contribution is 2.23. The van der Waals surface area contributed by atoms with Crippen molar-refractivity contribution in [1.29, 1.82) is 0 Å². The van der Waals surface area contributed by atoms with E-state index in [0.717, 1.165) is 11.3 Å². The van der Waals surface area contributed by atoms with E-state index in [0.29, 0.717) is 38.5 Å². The van der Waals surface area contributed by atoms with E-state index in [1.165, 1.54) is 16.4 Å². The maximum atomic E-state index is 12.6. The van der Waals surface area contributed by atoms with Crippen molar-refractivity contribution < 1.29 is 27.5 Å². The molecule has 3 amide bonds. The summed E-state index contributed by atoms with van der Waals surface area (Å²) in [7, 11) is -3.55. The smallest absolute Gasteiger partial charge is 0.325 e. The number of nitrogens with one attached hydrogen (secondary N) is 1. The molecule has 0 aliphatic carbocycles. The normalized spacial score (nSPS) is 23.3. The second kappa shape index (κ2) is 8.68. The summed E-state index contributed by atoms with van der Waals surface area (Å²) in [5.41, 5.74) is -0.860. The van der Waals surface area contributed by atoms with Crippen LogP contribution >= 0.6 is 0 Å². The summed E-state index contributed by atoms with van der Waals surface area (Å²) in [6.07, 6.45) is 1.36. The number of hydrogen-bond acceptors (Lipinski definition) is 6. The molecule has 0 aromatic heterocycles. The number of sulfonamides is 1. The van der Waals surface area contributed by atoms with Gasteiger partial charge in [-0.25, -0.2) is 13.2 Å². The fourth-order valence-electron chi connectivity index (χ4n) is 3.52. The van der Waals surface area contributed by atoms with Crippen molar-refractivity contribution in [1.82, 2.24) is 14.5 Å². The molecule has 1 unspecified atom stereocenters. The Morgan fingerprint density at radius 3 is 2.45 bits per heavy atom. The Labute approximate surface area is 171 Å². The molecule has 3 rings (SSSR count). The number of hydrogen-bond donors (Lipinski definition) is 1. The molecule has 2 aliphatic heterocycles. The zero-order chi connectivity index (χ0) is 21.1. The van der Waals surface area contributed by atoms with Gasteiger partial charge in [-0.15, -0.1) is 0 Å². The van der Waals surface area contributed by atoms with Crippen LogP contribution in [0.5, 0.6) is 5.75 Å². The molecule has 1 aromatic carbocycles. The monoisotopic (exact) mass is 425 g/mol. The van der Waals surface area contributed by atoms with Gasteiger partial charge in [0.1, 0.15) is 17.9 Å². The van der Waals surface area contributed by atoms with Crippen LogP contribution in [-0.2, 0) is 19.6 Å². The second-order valence-electron chi connectivity index (χ2n) is 7.31. The lowest BCUT2D eigenvalue weighted by atomic mass is 9.96. The Kier molecular flexibility index (Phi) is 6.45. The van der Waals surface area contributed by atoms with Gasteiger partial charge < -0.3 is 14.8 Å². The summed E-state index contributed by atoms with van der Waals surface area (Å²) >= 11 is 0. The molecular formula is C19H27N3O6S. The van der Waals surface area contributed by atoms with Gasteiger partial charge in [0.05, 0.1) is 24.7 Å². The molecule has 1 aromatic rings. The number of amides is 3. The summed E-state index contributed by atoms with van der Waals surface area (Å²) in [5.74, 6) is 0.217. The second-order valence-corrected chi connectivity index (χ2v) is 9.24. The summed E-state index contributed by atoms with van der Waals surface area (Å²) in [6.45, 7) is 5.38. The molecule has 2 saturated heterocycles. The molecule has 0 spiro atoms. The van der Waals surface area contributed by atoms with Gasteiger partial charge in [0.2, 0.25) is 10.0 Å². The van der Waals surface area contributed by atoms with Gasteiger partial charge in [-0.1, -0.05) is 13.3 Å². The SMILES string of the molecule is CCCC1(C)NC(=O)N(CCOc2ccc(S(=O)(=O)N3CCOCC3)cc2)C1=O. The highest BCUT2D eigenvalue weighted by Gasteiger charge is 2.46. The number of ether oxygens (including phenoxy) is 2. The molecule has 0 saturated carbocycles. The highest BCUT2D eigenvalue weighted by molar-refractivity contribution is 7.89. The number of nitrogens with zero attached hydrogens (tertiary/aromatic N) is 2. The first kappa shape index (κ1) is 21.5. The maximum Gasteiger partial charge on any atom is 0.325 e. The number of carbonyl (C=O) groups is 2. The molecule has 2 fully saturated rings. The van der Waals surface area contributed by atoms with Crippen LogP contribution in [0.2, 0.25) is 0 Å². The molecule has 0 radical (unpaired) electrons. The van der Waals surface area contributed by atoms with Crippen molar-refractivity contribution in [2.75, 3.05) is 39.5 Å². The summed E-state index contributed by atoms with van der Waals surface area (Å²) in [4.78, 5) is 25.9. The van der Waals surface area contributed by atoms with Crippen LogP contribution in [0.4, 0.5) is 4.79 Å². The molecule has 1 N–H and O–H groups in total. The molecule has 29 heavy (non-hydrogen) atoms. The van der Waals surface area contributed by atoms with Crippen molar-refractivity contribution in [2.24, 2.45) is 0 Å². The number of urea groups is 1. The largest absolute Gasteiger partial charge is 0.492 e. The van der Waals surface area contributed by atoms with Gasteiger partial charge in [-0.05, 0) is 37.6 Å². The first-order valence-corrected chi connectivity index (χ1v) is 11.2. The molecule has 10 heteroatoms. The van der Waals surface area contributed by atoms with Gasteiger partial charge >= 0.3 is 6.03 Å². The topological polar surface area (TPSA) is 105 Å². The zero-order valence-electron chi connectivity index (χ0n) is 16.7. The predicted octanol–water partition coefficient (Wildman–Crippen LogP) is 1.20. The number of morpholine rings is 1. The minimum Gasteiger partial charge on any atom is -0.492 e. The third kappa shape index (κ3) is 4.54. The zero-order valence-corrected chi connectivity index (χ0v) is 17.5. The van der Waals surface area contributed by atoms with Gasteiger partial charge in [0.25, 0.3) is 5.91 Å². The van der Waals surface area contributed by atoms with Gasteiger partial charge in [-0.2, -0.15) is 4.31 Å². The minimum atomic E-state index is -3.55. The third-order valence-corrected chi connectivity index (χ3v) is 7.02. The number of benzene rings is 1. The van der Waals surface area contributed by atoms with Crippen LogP contribution in [-0.4, -0.2) is 74.6 Å². The molecule has 0 bridgehead atoms. The first-order chi connectivity index (χ1) is 13.8. The number of rotatable bonds is 8. The average molecular weight is 426 g/mol. The van der Waals surface area contributed by atoms with E-state index in [1.54, 1.807) is 19.1 Å². The molecule has 2 heterocycles. The Bertz CT molecular complexity index is 851. The minimum absolute atomic E-state index is 0.122. The van der Waals surface area contributed by atoms with Crippen LogP contribution in [0.1, 0.15) is 26.7 Å². The van der Waals surface area contributed by atoms with Gasteiger partial charge in [-0.3, -0.25) is 9.69 Å². The van der Waals surface area contributed by atoms with E-state index in [1.807, 2.05) is 6.92 Å². The Hall–Kier alpha value is -2.17. The molecule has 2 aliphatic rings. The van der Waals surface area contributed by atoms with E-state index < -0.39 is 21.6 Å². The highest BCUT2D eigenvalue weighted by atomic mass is 32.2. The standard InChI is InChI=1S/C19H27N3O6S/c1-3-8-19(2)17(23)22(18(24)20-19)11-14-28-15-4-6-16(7-5-15)29(25,26)21-9-12-27-13-10-21/h4-7H,3,8-14H2,1-2H3,(H,20,24). The fraction of sp³-hybridized carbons (Fsp3) is 0.579. The Morgan fingerprint density at radius 1 is 1.17 bits per heavy atom. The molecule has 160 valence electrons. The summed E-state index contributed by atoms with van der Waals surface area (Å²) < 4.78 is 37.4. The van der Waals surface area contributed by atoms with Crippen LogP contribution in [0.15, 0.2) is 29.2 Å². The van der Waals surface area contributed by atoms with Crippen molar-refractivity contribution >= 4 is 22.0 Å². The predicted molar refractivity (Wildman–Crippen MR) is 105 cm³/mol. The lowest BCUT2D eigenvalue weighted by Crippen LogP contribution is -2.44.